The first-order chi connectivity index (χ1) is 9.12. The van der Waals surface area contributed by atoms with E-state index in [0.717, 1.165) is 5.56 Å². The zero-order chi connectivity index (χ0) is 14.3. The average molecular weight is 262 g/mol. The summed E-state index contributed by atoms with van der Waals surface area (Å²) in [6.45, 7) is 2.14. The number of ether oxygens (including phenoxy) is 3. The zero-order valence-corrected chi connectivity index (χ0v) is 11.4. The van der Waals surface area contributed by atoms with Gasteiger partial charge in [0, 0.05) is 0 Å². The lowest BCUT2D eigenvalue weighted by atomic mass is 9.97. The summed E-state index contributed by atoms with van der Waals surface area (Å²) >= 11 is 0. The smallest absolute Gasteiger partial charge is 0.306 e. The van der Waals surface area contributed by atoms with E-state index in [1.165, 1.54) is 7.11 Å². The summed E-state index contributed by atoms with van der Waals surface area (Å²) in [6.07, 6.45) is 5.47. The van der Waals surface area contributed by atoms with Gasteiger partial charge in [0.25, 0.3) is 0 Å². The minimum atomic E-state index is -0.237. The zero-order valence-electron chi connectivity index (χ0n) is 11.4. The maximum Gasteiger partial charge on any atom is 0.306 e. The summed E-state index contributed by atoms with van der Waals surface area (Å²) in [4.78, 5) is 11.3. The molecular formula is C15H18O4. The molecule has 0 fully saturated rings. The summed E-state index contributed by atoms with van der Waals surface area (Å²) in [6, 6.07) is 5.53. The Kier molecular flexibility index (Phi) is 5.74. The highest BCUT2D eigenvalue weighted by Crippen LogP contribution is 2.31. The number of esters is 1. The number of terminal acetylenes is 1. The second kappa shape index (κ2) is 7.32. The maximum absolute atomic E-state index is 11.3. The van der Waals surface area contributed by atoms with Crippen LogP contribution in [0.1, 0.15) is 24.8 Å². The first kappa shape index (κ1) is 14.9. The molecule has 0 saturated heterocycles. The second-order valence-electron chi connectivity index (χ2n) is 4.08. The highest BCUT2D eigenvalue weighted by molar-refractivity contribution is 5.70. The molecule has 0 bridgehead atoms. The molecule has 0 aromatic heterocycles. The molecule has 0 aliphatic heterocycles. The van der Waals surface area contributed by atoms with Gasteiger partial charge < -0.3 is 14.2 Å². The molecule has 1 aromatic rings. The van der Waals surface area contributed by atoms with E-state index in [1.54, 1.807) is 13.2 Å². The molecule has 0 N–H and O–H groups in total. The molecule has 1 rings (SSSR count). The molecule has 0 aliphatic rings. The third-order valence-corrected chi connectivity index (χ3v) is 2.77. The number of hydrogen-bond donors (Lipinski definition) is 0. The van der Waals surface area contributed by atoms with E-state index in [4.69, 9.17) is 15.9 Å². The Bertz CT molecular complexity index is 474. The normalized spacial score (nSPS) is 11.3. The molecule has 19 heavy (non-hydrogen) atoms. The molecule has 4 heteroatoms. The SMILES string of the molecule is C#CCOc1ccc(C(C)CC(=O)OC)cc1OC. The van der Waals surface area contributed by atoms with Crippen LogP contribution in [0.15, 0.2) is 18.2 Å². The summed E-state index contributed by atoms with van der Waals surface area (Å²) < 4.78 is 15.3. The van der Waals surface area contributed by atoms with Crippen LogP contribution in [0.3, 0.4) is 0 Å². The van der Waals surface area contributed by atoms with Gasteiger partial charge in [-0.2, -0.15) is 0 Å². The molecule has 1 aromatic carbocycles. The summed E-state index contributed by atoms with van der Waals surface area (Å²) in [5.74, 6) is 3.40. The van der Waals surface area contributed by atoms with Crippen molar-refractivity contribution in [2.45, 2.75) is 19.3 Å². The molecule has 0 amide bonds. The molecule has 0 spiro atoms. The van der Waals surface area contributed by atoms with Crippen molar-refractivity contribution in [1.82, 2.24) is 0 Å². The van der Waals surface area contributed by atoms with Crippen molar-refractivity contribution in [3.05, 3.63) is 23.8 Å². The predicted molar refractivity (Wildman–Crippen MR) is 72.4 cm³/mol. The number of benzene rings is 1. The van der Waals surface area contributed by atoms with Crippen LogP contribution in [0.5, 0.6) is 11.5 Å². The molecule has 0 heterocycles. The predicted octanol–water partition coefficient (Wildman–Crippen LogP) is 2.37. The lowest BCUT2D eigenvalue weighted by Gasteiger charge is -2.14. The Labute approximate surface area is 113 Å². The number of carbonyl (C=O) groups excluding carboxylic acids is 1. The van der Waals surface area contributed by atoms with Crippen molar-refractivity contribution in [2.75, 3.05) is 20.8 Å². The van der Waals surface area contributed by atoms with Crippen LogP contribution in [-0.4, -0.2) is 26.8 Å². The average Bonchev–Trinajstić information content (AvgIpc) is 2.44. The van der Waals surface area contributed by atoms with E-state index in [0.29, 0.717) is 17.9 Å². The fourth-order valence-electron chi connectivity index (χ4n) is 1.68. The number of rotatable bonds is 6. The van der Waals surface area contributed by atoms with Crippen molar-refractivity contribution >= 4 is 5.97 Å². The second-order valence-corrected chi connectivity index (χ2v) is 4.08. The van der Waals surface area contributed by atoms with Gasteiger partial charge in [0.1, 0.15) is 6.61 Å². The van der Waals surface area contributed by atoms with Crippen molar-refractivity contribution in [2.24, 2.45) is 0 Å². The van der Waals surface area contributed by atoms with Gasteiger partial charge in [-0.15, -0.1) is 6.42 Å². The minimum Gasteiger partial charge on any atom is -0.493 e. The number of methoxy groups -OCH3 is 2. The summed E-state index contributed by atoms with van der Waals surface area (Å²) in [5.41, 5.74) is 0.982. The molecular weight excluding hydrogens is 244 g/mol. The summed E-state index contributed by atoms with van der Waals surface area (Å²) in [5, 5.41) is 0. The van der Waals surface area contributed by atoms with Crippen molar-refractivity contribution in [1.29, 1.82) is 0 Å². The number of hydrogen-bond acceptors (Lipinski definition) is 4. The standard InChI is InChI=1S/C15H18O4/c1-5-8-19-13-7-6-12(10-14(13)17-3)11(2)9-15(16)18-4/h1,6-7,10-11H,8-9H2,2-4H3. The van der Waals surface area contributed by atoms with Gasteiger partial charge in [-0.05, 0) is 23.6 Å². The van der Waals surface area contributed by atoms with Gasteiger partial charge in [-0.1, -0.05) is 18.9 Å². The van der Waals surface area contributed by atoms with Crippen molar-refractivity contribution in [3.8, 4) is 23.8 Å². The van der Waals surface area contributed by atoms with E-state index < -0.39 is 0 Å². The first-order valence-electron chi connectivity index (χ1n) is 5.93. The Balaban J connectivity index is 2.87. The molecule has 1 unspecified atom stereocenters. The van der Waals surface area contributed by atoms with Crippen LogP contribution in [-0.2, 0) is 9.53 Å². The summed E-state index contributed by atoms with van der Waals surface area (Å²) in [7, 11) is 2.94. The van der Waals surface area contributed by atoms with Gasteiger partial charge >= 0.3 is 5.97 Å². The maximum atomic E-state index is 11.3. The van der Waals surface area contributed by atoms with E-state index in [2.05, 4.69) is 10.7 Å². The van der Waals surface area contributed by atoms with E-state index in [1.807, 2.05) is 19.1 Å². The fraction of sp³-hybridized carbons (Fsp3) is 0.400. The first-order valence-corrected chi connectivity index (χ1v) is 5.93. The Morgan fingerprint density at radius 3 is 2.68 bits per heavy atom. The van der Waals surface area contributed by atoms with Crippen molar-refractivity contribution in [3.63, 3.8) is 0 Å². The van der Waals surface area contributed by atoms with Crippen molar-refractivity contribution < 1.29 is 19.0 Å². The molecule has 4 nitrogen and oxygen atoms in total. The van der Waals surface area contributed by atoms with E-state index in [9.17, 15) is 4.79 Å². The third kappa shape index (κ3) is 4.22. The topological polar surface area (TPSA) is 44.8 Å². The van der Waals surface area contributed by atoms with Crippen LogP contribution in [0, 0.1) is 12.3 Å². The lowest BCUT2D eigenvalue weighted by molar-refractivity contribution is -0.140. The Morgan fingerprint density at radius 2 is 2.11 bits per heavy atom. The van der Waals surface area contributed by atoms with Crippen LogP contribution in [0.2, 0.25) is 0 Å². The van der Waals surface area contributed by atoms with Gasteiger partial charge in [0.2, 0.25) is 0 Å². The monoisotopic (exact) mass is 262 g/mol. The quantitative estimate of drug-likeness (QED) is 0.583. The van der Waals surface area contributed by atoms with Gasteiger partial charge in [0.15, 0.2) is 11.5 Å². The van der Waals surface area contributed by atoms with Crippen LogP contribution < -0.4 is 9.47 Å². The van der Waals surface area contributed by atoms with E-state index >= 15 is 0 Å². The third-order valence-electron chi connectivity index (χ3n) is 2.77. The molecule has 0 saturated carbocycles. The Morgan fingerprint density at radius 1 is 1.37 bits per heavy atom. The molecule has 102 valence electrons. The molecule has 0 radical (unpaired) electrons. The van der Waals surface area contributed by atoms with Crippen LogP contribution >= 0.6 is 0 Å². The fourth-order valence-corrected chi connectivity index (χ4v) is 1.68. The van der Waals surface area contributed by atoms with Crippen LogP contribution in [0.25, 0.3) is 0 Å². The molecule has 0 aliphatic carbocycles. The Hall–Kier alpha value is -2.15. The van der Waals surface area contributed by atoms with Gasteiger partial charge in [-0.25, -0.2) is 0 Å². The van der Waals surface area contributed by atoms with Gasteiger partial charge in [0.05, 0.1) is 20.6 Å². The highest BCUT2D eigenvalue weighted by Gasteiger charge is 2.14. The molecule has 1 atom stereocenters. The number of carbonyl (C=O) groups is 1. The highest BCUT2D eigenvalue weighted by atomic mass is 16.5. The van der Waals surface area contributed by atoms with E-state index in [-0.39, 0.29) is 18.5 Å². The lowest BCUT2D eigenvalue weighted by Crippen LogP contribution is -2.06. The van der Waals surface area contributed by atoms with Gasteiger partial charge in [-0.3, -0.25) is 4.79 Å². The largest absolute Gasteiger partial charge is 0.493 e. The van der Waals surface area contributed by atoms with Crippen LogP contribution in [0.4, 0.5) is 0 Å². The minimum absolute atomic E-state index is 0.0445.